The minimum atomic E-state index is -1.21. The van der Waals surface area contributed by atoms with E-state index in [9.17, 15) is 15.3 Å². The van der Waals surface area contributed by atoms with Gasteiger partial charge in [-0.05, 0) is 69.3 Å². The van der Waals surface area contributed by atoms with Crippen LogP contribution in [0.25, 0.3) is 11.2 Å². The Labute approximate surface area is 199 Å². The van der Waals surface area contributed by atoms with E-state index in [0.29, 0.717) is 23.5 Å². The molecule has 1 fully saturated rings. The van der Waals surface area contributed by atoms with Gasteiger partial charge in [0.15, 0.2) is 23.2 Å². The number of aliphatic hydroxyl groups excluding tert-OH is 3. The average Bonchev–Trinajstić information content (AvgIpc) is 3.28. The Morgan fingerprint density at radius 3 is 2.53 bits per heavy atom. The van der Waals surface area contributed by atoms with Crippen LogP contribution >= 0.6 is 45.2 Å². The molecular weight excluding hydrogens is 618 g/mol. The smallest absolute Gasteiger partial charge is 0.167 e. The number of hydrogen-bond acceptors (Lipinski definition) is 9. The van der Waals surface area contributed by atoms with Crippen LogP contribution in [0.5, 0.6) is 0 Å². The van der Waals surface area contributed by atoms with Crippen molar-refractivity contribution in [1.82, 2.24) is 19.5 Å². The second-order valence-electron chi connectivity index (χ2n) is 6.93. The fourth-order valence-electron chi connectivity index (χ4n) is 3.38. The second-order valence-corrected chi connectivity index (χ2v) is 9.25. The highest BCUT2D eigenvalue weighted by atomic mass is 127. The number of halogens is 2. The standard InChI is InChI=1S/C18H20I2N6O4/c19-9-3-8(4-10(20)12(9)21)1-2-22-16-13-17(24-6-23-16)26(7-25-13)18-15(29)14(28)11(5-27)30-18/h3-4,6-7,11,14-15,18,27-29H,1-2,5,21H2,(H,22,23,24). The lowest BCUT2D eigenvalue weighted by molar-refractivity contribution is -0.0511. The molecule has 10 nitrogen and oxygen atoms in total. The number of hydrogen-bond donors (Lipinski definition) is 5. The van der Waals surface area contributed by atoms with Crippen molar-refractivity contribution < 1.29 is 20.1 Å². The van der Waals surface area contributed by atoms with Crippen molar-refractivity contribution in [2.45, 2.75) is 31.0 Å². The molecule has 160 valence electrons. The number of nitrogen functional groups attached to an aromatic ring is 1. The fraction of sp³-hybridized carbons (Fsp3) is 0.389. The van der Waals surface area contributed by atoms with E-state index >= 15 is 0 Å². The van der Waals surface area contributed by atoms with Crippen LogP contribution in [-0.4, -0.2) is 66.3 Å². The van der Waals surface area contributed by atoms with Gasteiger partial charge in [0.1, 0.15) is 24.6 Å². The summed E-state index contributed by atoms with van der Waals surface area (Å²) in [5, 5.41) is 32.9. The van der Waals surface area contributed by atoms with Gasteiger partial charge in [-0.15, -0.1) is 0 Å². The van der Waals surface area contributed by atoms with Gasteiger partial charge in [0.25, 0.3) is 0 Å². The molecule has 0 radical (unpaired) electrons. The first-order valence-corrected chi connectivity index (χ1v) is 11.3. The Kier molecular flexibility index (Phi) is 6.59. The molecule has 1 aliphatic rings. The lowest BCUT2D eigenvalue weighted by Crippen LogP contribution is -2.33. The van der Waals surface area contributed by atoms with Gasteiger partial charge in [-0.1, -0.05) is 0 Å². The molecule has 4 unspecified atom stereocenters. The number of benzene rings is 1. The summed E-state index contributed by atoms with van der Waals surface area (Å²) >= 11 is 4.46. The van der Waals surface area contributed by atoms with Gasteiger partial charge in [0.05, 0.1) is 18.6 Å². The van der Waals surface area contributed by atoms with Crippen LogP contribution in [0.2, 0.25) is 0 Å². The summed E-state index contributed by atoms with van der Waals surface area (Å²) in [6, 6.07) is 4.12. The first kappa shape index (κ1) is 21.9. The van der Waals surface area contributed by atoms with Gasteiger partial charge in [-0.2, -0.15) is 0 Å². The number of aliphatic hydroxyl groups is 3. The van der Waals surface area contributed by atoms with Crippen LogP contribution < -0.4 is 11.1 Å². The van der Waals surface area contributed by atoms with Crippen molar-refractivity contribution in [3.05, 3.63) is 37.5 Å². The van der Waals surface area contributed by atoms with E-state index in [1.54, 1.807) is 0 Å². The molecule has 30 heavy (non-hydrogen) atoms. The van der Waals surface area contributed by atoms with Crippen molar-refractivity contribution in [3.63, 3.8) is 0 Å². The quantitative estimate of drug-likeness (QED) is 0.196. The number of nitrogens with zero attached hydrogens (tertiary/aromatic N) is 4. The zero-order valence-electron chi connectivity index (χ0n) is 15.6. The summed E-state index contributed by atoms with van der Waals surface area (Å²) in [6.45, 7) is 0.231. The monoisotopic (exact) mass is 638 g/mol. The van der Waals surface area contributed by atoms with Gasteiger partial charge >= 0.3 is 0 Å². The second kappa shape index (κ2) is 9.04. The lowest BCUT2D eigenvalue weighted by Gasteiger charge is -2.16. The highest BCUT2D eigenvalue weighted by molar-refractivity contribution is 14.1. The molecule has 0 bridgehead atoms. The predicted octanol–water partition coefficient (Wildman–Crippen LogP) is 0.884. The van der Waals surface area contributed by atoms with Crippen LogP contribution in [0.4, 0.5) is 11.5 Å². The summed E-state index contributed by atoms with van der Waals surface area (Å²) in [5.41, 5.74) is 8.94. The minimum absolute atomic E-state index is 0.397. The summed E-state index contributed by atoms with van der Waals surface area (Å²) in [4.78, 5) is 12.9. The Morgan fingerprint density at radius 1 is 1.13 bits per heavy atom. The summed E-state index contributed by atoms with van der Waals surface area (Å²) in [6.07, 6.45) is -0.512. The predicted molar refractivity (Wildman–Crippen MR) is 127 cm³/mol. The molecule has 1 saturated heterocycles. The zero-order valence-corrected chi connectivity index (χ0v) is 19.9. The van der Waals surface area contributed by atoms with Gasteiger partial charge in [0, 0.05) is 13.7 Å². The lowest BCUT2D eigenvalue weighted by atomic mass is 10.1. The third-order valence-electron chi connectivity index (χ3n) is 5.00. The molecule has 3 heterocycles. The summed E-state index contributed by atoms with van der Waals surface area (Å²) in [7, 11) is 0. The van der Waals surface area contributed by atoms with Gasteiger partial charge in [-0.25, -0.2) is 15.0 Å². The Hall–Kier alpha value is -1.33. The van der Waals surface area contributed by atoms with Gasteiger partial charge in [0.2, 0.25) is 0 Å². The molecule has 2 aromatic heterocycles. The topological polar surface area (TPSA) is 152 Å². The molecule has 1 aliphatic heterocycles. The van der Waals surface area contributed by atoms with E-state index in [1.807, 2.05) is 0 Å². The number of fused-ring (bicyclic) bond motifs is 1. The Balaban J connectivity index is 1.51. The van der Waals surface area contributed by atoms with Crippen LogP contribution in [0.1, 0.15) is 11.8 Å². The highest BCUT2D eigenvalue weighted by Gasteiger charge is 2.44. The van der Waals surface area contributed by atoms with Crippen molar-refractivity contribution in [2.24, 2.45) is 0 Å². The molecule has 0 aliphatic carbocycles. The molecule has 4 rings (SSSR count). The number of ether oxygens (including phenoxy) is 1. The normalized spacial score (nSPS) is 23.9. The van der Waals surface area contributed by atoms with Gasteiger partial charge in [-0.3, -0.25) is 4.57 Å². The van der Waals surface area contributed by atoms with Gasteiger partial charge < -0.3 is 31.1 Å². The number of nitrogens with one attached hydrogen (secondary N) is 1. The van der Waals surface area contributed by atoms with Crippen LogP contribution in [-0.2, 0) is 11.2 Å². The molecule has 0 saturated carbocycles. The fourth-order valence-corrected chi connectivity index (χ4v) is 5.28. The maximum atomic E-state index is 10.3. The Bertz CT molecular complexity index is 1040. The van der Waals surface area contributed by atoms with E-state index in [0.717, 1.165) is 24.8 Å². The largest absolute Gasteiger partial charge is 0.397 e. The maximum absolute atomic E-state index is 10.3. The summed E-state index contributed by atoms with van der Waals surface area (Å²) in [5.74, 6) is 0.560. The van der Waals surface area contributed by atoms with Crippen molar-refractivity contribution in [2.75, 3.05) is 24.2 Å². The SMILES string of the molecule is Nc1c(I)cc(CCNc2ncnc3c2ncn3C2OC(CO)C(O)C2O)cc1I. The third kappa shape index (κ3) is 4.08. The summed E-state index contributed by atoms with van der Waals surface area (Å²) < 4.78 is 9.17. The Morgan fingerprint density at radius 2 is 1.87 bits per heavy atom. The van der Waals surface area contributed by atoms with Crippen molar-refractivity contribution in [1.29, 1.82) is 0 Å². The maximum Gasteiger partial charge on any atom is 0.167 e. The van der Waals surface area contributed by atoms with Crippen LogP contribution in [0.3, 0.4) is 0 Å². The molecule has 4 atom stereocenters. The van der Waals surface area contributed by atoms with Crippen LogP contribution in [0.15, 0.2) is 24.8 Å². The molecular formula is C18H20I2N6O4. The van der Waals surface area contributed by atoms with Crippen molar-refractivity contribution in [3.8, 4) is 0 Å². The van der Waals surface area contributed by atoms with E-state index in [-0.39, 0.29) is 0 Å². The van der Waals surface area contributed by atoms with E-state index in [1.165, 1.54) is 17.2 Å². The average molecular weight is 638 g/mol. The van der Waals surface area contributed by atoms with E-state index < -0.39 is 31.1 Å². The molecule has 0 amide bonds. The van der Waals surface area contributed by atoms with E-state index in [4.69, 9.17) is 10.5 Å². The first-order valence-electron chi connectivity index (χ1n) is 9.18. The number of rotatable bonds is 6. The number of imidazole rings is 1. The zero-order chi connectivity index (χ0) is 21.4. The van der Waals surface area contributed by atoms with E-state index in [2.05, 4.69) is 77.6 Å². The van der Waals surface area contributed by atoms with Crippen molar-refractivity contribution >= 4 is 67.9 Å². The molecule has 12 heteroatoms. The number of aromatic nitrogens is 4. The van der Waals surface area contributed by atoms with Crippen LogP contribution in [0, 0.1) is 7.14 Å². The molecule has 6 N–H and O–H groups in total. The first-order chi connectivity index (χ1) is 14.4. The number of nitrogens with two attached hydrogens (primary N) is 1. The number of anilines is 2. The molecule has 0 spiro atoms. The molecule has 1 aromatic carbocycles. The third-order valence-corrected chi connectivity index (χ3v) is 6.78. The minimum Gasteiger partial charge on any atom is -0.397 e. The highest BCUT2D eigenvalue weighted by Crippen LogP contribution is 2.32. The molecule has 3 aromatic rings.